The van der Waals surface area contributed by atoms with Crippen LogP contribution in [-0.2, 0) is 10.0 Å². The molecule has 0 radical (unpaired) electrons. The quantitative estimate of drug-likeness (QED) is 0.712. The number of nitrogens with zero attached hydrogens (tertiary/aromatic N) is 1. The van der Waals surface area contributed by atoms with E-state index in [2.05, 4.69) is 10.3 Å². The van der Waals surface area contributed by atoms with Gasteiger partial charge in [0.15, 0.2) is 5.13 Å². The van der Waals surface area contributed by atoms with E-state index in [-0.39, 0.29) is 4.90 Å². The summed E-state index contributed by atoms with van der Waals surface area (Å²) in [4.78, 5) is 4.61. The minimum atomic E-state index is -3.68. The largest absolute Gasteiger partial charge is 0.332 e. The molecule has 3 rings (SSSR count). The molecular weight excluding hydrogens is 366 g/mol. The van der Waals surface area contributed by atoms with E-state index in [0.29, 0.717) is 5.13 Å². The minimum absolute atomic E-state index is 0.0736. The standard InChI is InChI=1S/C16H14ClN3O2S2/c1-10-8-11(2-7-14(10)17)15-9-23-16(20-15)19-12-3-5-13(6-4-12)24(18,21)22/h2-9H,1H3,(H,19,20)(H2,18,21,22). The number of hydrogen-bond acceptors (Lipinski definition) is 5. The molecule has 1 aromatic heterocycles. The number of anilines is 2. The van der Waals surface area contributed by atoms with Gasteiger partial charge in [-0.15, -0.1) is 11.3 Å². The van der Waals surface area contributed by atoms with Crippen LogP contribution in [0.4, 0.5) is 10.8 Å². The second-order valence-electron chi connectivity index (χ2n) is 5.20. The Hall–Kier alpha value is -1.93. The number of rotatable bonds is 4. The molecule has 0 aliphatic rings. The zero-order chi connectivity index (χ0) is 17.3. The maximum absolute atomic E-state index is 11.3. The Balaban J connectivity index is 1.80. The van der Waals surface area contributed by atoms with Gasteiger partial charge in [-0.2, -0.15) is 0 Å². The Kier molecular flexibility index (Phi) is 4.60. The van der Waals surface area contributed by atoms with Crippen LogP contribution >= 0.6 is 22.9 Å². The van der Waals surface area contributed by atoms with Gasteiger partial charge < -0.3 is 5.32 Å². The molecule has 124 valence electrons. The molecule has 3 N–H and O–H groups in total. The highest BCUT2D eigenvalue weighted by atomic mass is 35.5. The fourth-order valence-electron chi connectivity index (χ4n) is 2.12. The molecule has 24 heavy (non-hydrogen) atoms. The van der Waals surface area contributed by atoms with Gasteiger partial charge in [-0.1, -0.05) is 17.7 Å². The summed E-state index contributed by atoms with van der Waals surface area (Å²) < 4.78 is 22.5. The molecule has 5 nitrogen and oxygen atoms in total. The van der Waals surface area contributed by atoms with Gasteiger partial charge in [0.25, 0.3) is 0 Å². The van der Waals surface area contributed by atoms with Gasteiger partial charge in [-0.3, -0.25) is 0 Å². The predicted molar refractivity (Wildman–Crippen MR) is 98.4 cm³/mol. The SMILES string of the molecule is Cc1cc(-c2csc(Nc3ccc(S(N)(=O)=O)cc3)n2)ccc1Cl. The summed E-state index contributed by atoms with van der Waals surface area (Å²) in [6.07, 6.45) is 0. The summed E-state index contributed by atoms with van der Waals surface area (Å²) in [6.45, 7) is 1.95. The van der Waals surface area contributed by atoms with Crippen LogP contribution in [0, 0.1) is 6.92 Å². The van der Waals surface area contributed by atoms with Crippen molar-refractivity contribution < 1.29 is 8.42 Å². The van der Waals surface area contributed by atoms with Gasteiger partial charge in [0.1, 0.15) is 0 Å². The number of aromatic nitrogens is 1. The van der Waals surface area contributed by atoms with Gasteiger partial charge in [0.2, 0.25) is 10.0 Å². The summed E-state index contributed by atoms with van der Waals surface area (Å²) in [5.41, 5.74) is 3.57. The maximum atomic E-state index is 11.3. The normalized spacial score (nSPS) is 11.5. The van der Waals surface area contributed by atoms with Crippen LogP contribution in [0.15, 0.2) is 52.7 Å². The van der Waals surface area contributed by atoms with Crippen molar-refractivity contribution in [3.8, 4) is 11.3 Å². The van der Waals surface area contributed by atoms with E-state index in [1.807, 2.05) is 30.5 Å². The van der Waals surface area contributed by atoms with E-state index in [1.54, 1.807) is 12.1 Å². The lowest BCUT2D eigenvalue weighted by molar-refractivity contribution is 0.598. The van der Waals surface area contributed by atoms with E-state index in [0.717, 1.165) is 27.5 Å². The van der Waals surface area contributed by atoms with Crippen molar-refractivity contribution in [3.05, 3.63) is 58.4 Å². The average Bonchev–Trinajstić information content (AvgIpc) is 2.98. The van der Waals surface area contributed by atoms with Gasteiger partial charge in [0, 0.05) is 21.7 Å². The molecule has 0 unspecified atom stereocenters. The van der Waals surface area contributed by atoms with E-state index >= 15 is 0 Å². The van der Waals surface area contributed by atoms with Gasteiger partial charge in [-0.25, -0.2) is 18.5 Å². The molecule has 0 spiro atoms. The number of thiazole rings is 1. The van der Waals surface area contributed by atoms with Crippen molar-refractivity contribution in [3.63, 3.8) is 0 Å². The Morgan fingerprint density at radius 1 is 1.17 bits per heavy atom. The van der Waals surface area contributed by atoms with Crippen LogP contribution < -0.4 is 10.5 Å². The lowest BCUT2D eigenvalue weighted by Crippen LogP contribution is -2.11. The third kappa shape index (κ3) is 3.76. The first kappa shape index (κ1) is 16.9. The third-order valence-electron chi connectivity index (χ3n) is 3.39. The van der Waals surface area contributed by atoms with Crippen LogP contribution in [0.1, 0.15) is 5.56 Å². The molecule has 0 amide bonds. The van der Waals surface area contributed by atoms with Gasteiger partial charge in [0.05, 0.1) is 10.6 Å². The van der Waals surface area contributed by atoms with Crippen molar-refractivity contribution in [2.24, 2.45) is 5.14 Å². The summed E-state index contributed by atoms with van der Waals surface area (Å²) in [7, 11) is -3.68. The number of sulfonamides is 1. The Labute approximate surface area is 149 Å². The maximum Gasteiger partial charge on any atom is 0.238 e. The number of nitrogens with one attached hydrogen (secondary N) is 1. The first-order valence-corrected chi connectivity index (χ1v) is 9.75. The number of nitrogens with two attached hydrogens (primary N) is 1. The van der Waals surface area contributed by atoms with Crippen LogP contribution in [-0.4, -0.2) is 13.4 Å². The van der Waals surface area contributed by atoms with Crippen molar-refractivity contribution in [1.82, 2.24) is 4.98 Å². The number of aryl methyl sites for hydroxylation is 1. The minimum Gasteiger partial charge on any atom is -0.332 e. The third-order valence-corrected chi connectivity index (χ3v) is 5.50. The Morgan fingerprint density at radius 2 is 1.88 bits per heavy atom. The fraction of sp³-hybridized carbons (Fsp3) is 0.0625. The molecule has 8 heteroatoms. The molecule has 0 aliphatic carbocycles. The molecule has 1 heterocycles. The summed E-state index contributed by atoms with van der Waals surface area (Å²) in [6, 6.07) is 12.0. The number of benzene rings is 2. The van der Waals surface area contributed by atoms with Crippen molar-refractivity contribution in [2.75, 3.05) is 5.32 Å². The van der Waals surface area contributed by atoms with Crippen LogP contribution in [0.3, 0.4) is 0 Å². The molecule has 0 bridgehead atoms. The van der Waals surface area contributed by atoms with E-state index in [4.69, 9.17) is 16.7 Å². The fourth-order valence-corrected chi connectivity index (χ4v) is 3.49. The Morgan fingerprint density at radius 3 is 2.50 bits per heavy atom. The topological polar surface area (TPSA) is 85.1 Å². The smallest absolute Gasteiger partial charge is 0.238 e. The Bertz CT molecular complexity index is 983. The van der Waals surface area contributed by atoms with Crippen molar-refractivity contribution in [1.29, 1.82) is 0 Å². The first-order valence-electron chi connectivity index (χ1n) is 6.95. The van der Waals surface area contributed by atoms with Crippen LogP contribution in [0.25, 0.3) is 11.3 Å². The predicted octanol–water partition coefficient (Wildman–Crippen LogP) is 4.16. The zero-order valence-corrected chi connectivity index (χ0v) is 15.0. The molecule has 0 fully saturated rings. The first-order chi connectivity index (χ1) is 11.3. The molecule has 0 aliphatic heterocycles. The monoisotopic (exact) mass is 379 g/mol. The highest BCUT2D eigenvalue weighted by molar-refractivity contribution is 7.89. The van der Waals surface area contributed by atoms with Crippen molar-refractivity contribution in [2.45, 2.75) is 11.8 Å². The second kappa shape index (κ2) is 6.52. The molecular formula is C16H14ClN3O2S2. The zero-order valence-electron chi connectivity index (χ0n) is 12.7. The van der Waals surface area contributed by atoms with Gasteiger partial charge in [-0.05, 0) is 48.9 Å². The van der Waals surface area contributed by atoms with Crippen molar-refractivity contribution >= 4 is 43.8 Å². The van der Waals surface area contributed by atoms with E-state index in [9.17, 15) is 8.42 Å². The molecule has 0 saturated carbocycles. The lowest BCUT2D eigenvalue weighted by Gasteiger charge is -2.04. The van der Waals surface area contributed by atoms with E-state index < -0.39 is 10.0 Å². The average molecular weight is 380 g/mol. The highest BCUT2D eigenvalue weighted by Crippen LogP contribution is 2.29. The lowest BCUT2D eigenvalue weighted by atomic mass is 10.1. The number of hydrogen-bond donors (Lipinski definition) is 2. The highest BCUT2D eigenvalue weighted by Gasteiger charge is 2.09. The summed E-state index contributed by atoms with van der Waals surface area (Å²) >= 11 is 7.50. The van der Waals surface area contributed by atoms with Crippen LogP contribution in [0.2, 0.25) is 5.02 Å². The number of primary sulfonamides is 1. The molecule has 0 atom stereocenters. The van der Waals surface area contributed by atoms with Gasteiger partial charge >= 0.3 is 0 Å². The van der Waals surface area contributed by atoms with E-state index in [1.165, 1.54) is 23.5 Å². The molecule has 3 aromatic rings. The summed E-state index contributed by atoms with van der Waals surface area (Å²) in [5.74, 6) is 0. The second-order valence-corrected chi connectivity index (χ2v) is 8.02. The summed E-state index contributed by atoms with van der Waals surface area (Å²) in [5, 5.41) is 11.6. The number of halogens is 1. The molecule has 0 saturated heterocycles. The molecule has 2 aromatic carbocycles. The van der Waals surface area contributed by atoms with Crippen LogP contribution in [0.5, 0.6) is 0 Å².